The number of nitrogens with one attached hydrogen (secondary N) is 2. The molecule has 1 saturated heterocycles. The Morgan fingerprint density at radius 3 is 2.70 bits per heavy atom. The number of alkyl halides is 3. The maximum atomic E-state index is 12.4. The van der Waals surface area contributed by atoms with Gasteiger partial charge in [0.15, 0.2) is 0 Å². The summed E-state index contributed by atoms with van der Waals surface area (Å²) in [6.45, 7) is 0.958. The first kappa shape index (κ1) is 17.3. The van der Waals surface area contributed by atoms with Crippen LogP contribution < -0.4 is 15.5 Å². The van der Waals surface area contributed by atoms with Crippen LogP contribution in [-0.4, -0.2) is 48.2 Å². The average molecular weight is 349 g/mol. The van der Waals surface area contributed by atoms with E-state index in [1.807, 2.05) is 0 Å². The smallest absolute Gasteiger partial charge is 0.351 e. The van der Waals surface area contributed by atoms with Crippen molar-refractivity contribution >= 4 is 28.3 Å². The standard InChI is InChI=1S/C12H14F3N5O2S/c1-20(11-19-18-10(23-11)12(13,14)15)8(21)3-2-5-17-9(22)7-4-6-16-7/h2-3,7,16H,4-6H2,1H3,(H,17,22)/b3-2+/t7-/m0/s1. The molecular weight excluding hydrogens is 335 g/mol. The number of nitrogens with zero attached hydrogens (tertiary/aromatic N) is 3. The van der Waals surface area contributed by atoms with Crippen molar-refractivity contribution in [3.05, 3.63) is 17.2 Å². The van der Waals surface area contributed by atoms with Crippen LogP contribution in [0.4, 0.5) is 18.3 Å². The van der Waals surface area contributed by atoms with Gasteiger partial charge in [0.2, 0.25) is 16.0 Å². The number of halogens is 3. The van der Waals surface area contributed by atoms with Gasteiger partial charge in [-0.1, -0.05) is 17.4 Å². The fourth-order valence-electron chi connectivity index (χ4n) is 1.63. The second-order valence-electron chi connectivity index (χ2n) is 4.73. The van der Waals surface area contributed by atoms with Gasteiger partial charge in [-0.3, -0.25) is 14.5 Å². The SMILES string of the molecule is CN(C(=O)/C=C/CNC(=O)[C@@H]1CCN1)c1nnc(C(F)(F)F)s1. The number of aromatic nitrogens is 2. The van der Waals surface area contributed by atoms with Crippen LogP contribution in [0.5, 0.6) is 0 Å². The molecule has 0 aromatic carbocycles. The van der Waals surface area contributed by atoms with Crippen molar-refractivity contribution in [2.75, 3.05) is 25.0 Å². The summed E-state index contributed by atoms with van der Waals surface area (Å²) < 4.78 is 37.3. The molecule has 2 amide bonds. The highest BCUT2D eigenvalue weighted by Crippen LogP contribution is 2.33. The van der Waals surface area contributed by atoms with Crippen LogP contribution in [-0.2, 0) is 15.8 Å². The number of likely N-dealkylation sites (N-methyl/N-ethyl adjacent to an activating group) is 1. The van der Waals surface area contributed by atoms with Gasteiger partial charge >= 0.3 is 6.18 Å². The Labute approximate surface area is 133 Å². The maximum absolute atomic E-state index is 12.4. The molecule has 7 nitrogen and oxygen atoms in total. The predicted molar refractivity (Wildman–Crippen MR) is 76.9 cm³/mol. The van der Waals surface area contributed by atoms with Gasteiger partial charge in [0.05, 0.1) is 6.04 Å². The minimum absolute atomic E-state index is 0.152. The molecule has 1 aliphatic heterocycles. The summed E-state index contributed by atoms with van der Waals surface area (Å²) >= 11 is 0.281. The van der Waals surface area contributed by atoms with Crippen LogP contribution in [0.15, 0.2) is 12.2 Å². The monoisotopic (exact) mass is 349 g/mol. The zero-order chi connectivity index (χ0) is 17.0. The van der Waals surface area contributed by atoms with Gasteiger partial charge < -0.3 is 10.6 Å². The largest absolute Gasteiger partial charge is 0.445 e. The Morgan fingerprint density at radius 1 is 1.48 bits per heavy atom. The Hall–Kier alpha value is -2.01. The third-order valence-electron chi connectivity index (χ3n) is 3.07. The molecule has 1 aromatic heterocycles. The predicted octanol–water partition coefficient (Wildman–Crippen LogP) is 0.554. The van der Waals surface area contributed by atoms with Crippen molar-refractivity contribution < 1.29 is 22.8 Å². The lowest BCUT2D eigenvalue weighted by atomic mass is 10.1. The van der Waals surface area contributed by atoms with Gasteiger partial charge in [-0.15, -0.1) is 10.2 Å². The molecular formula is C12H14F3N5O2S. The van der Waals surface area contributed by atoms with Crippen LogP contribution in [0.1, 0.15) is 11.4 Å². The Balaban J connectivity index is 1.83. The number of rotatable bonds is 5. The molecule has 0 bridgehead atoms. The fraction of sp³-hybridized carbons (Fsp3) is 0.500. The van der Waals surface area contributed by atoms with E-state index in [-0.39, 0.29) is 35.0 Å². The summed E-state index contributed by atoms with van der Waals surface area (Å²) in [5, 5.41) is 10.6. The van der Waals surface area contributed by atoms with Crippen LogP contribution in [0, 0.1) is 0 Å². The number of amides is 2. The second-order valence-corrected chi connectivity index (χ2v) is 5.68. The van der Waals surface area contributed by atoms with E-state index >= 15 is 0 Å². The first-order valence-electron chi connectivity index (χ1n) is 6.65. The highest BCUT2D eigenvalue weighted by atomic mass is 32.1. The van der Waals surface area contributed by atoms with Crippen molar-refractivity contribution in [3.63, 3.8) is 0 Å². The highest BCUT2D eigenvalue weighted by Gasteiger charge is 2.36. The summed E-state index contributed by atoms with van der Waals surface area (Å²) in [5.74, 6) is -0.716. The van der Waals surface area contributed by atoms with E-state index in [0.29, 0.717) is 0 Å². The summed E-state index contributed by atoms with van der Waals surface area (Å²) in [6.07, 6.45) is -1.24. The lowest BCUT2D eigenvalue weighted by molar-refractivity contribution is -0.138. The quantitative estimate of drug-likeness (QED) is 0.759. The molecule has 0 aliphatic carbocycles. The van der Waals surface area contributed by atoms with E-state index in [9.17, 15) is 22.8 Å². The Kier molecular flexibility index (Phi) is 5.31. The molecule has 126 valence electrons. The van der Waals surface area contributed by atoms with Gasteiger partial charge in [0.25, 0.3) is 5.91 Å². The van der Waals surface area contributed by atoms with Crippen molar-refractivity contribution in [1.29, 1.82) is 0 Å². The average Bonchev–Trinajstić information content (AvgIpc) is 2.90. The molecule has 1 fully saturated rings. The molecule has 2 heterocycles. The molecule has 2 N–H and O–H groups in total. The number of hydrogen-bond acceptors (Lipinski definition) is 6. The first-order chi connectivity index (χ1) is 10.8. The lowest BCUT2D eigenvalue weighted by Crippen LogP contribution is -2.53. The highest BCUT2D eigenvalue weighted by molar-refractivity contribution is 7.15. The minimum atomic E-state index is -4.59. The van der Waals surface area contributed by atoms with Crippen LogP contribution in [0.25, 0.3) is 0 Å². The number of hydrogen-bond donors (Lipinski definition) is 2. The molecule has 0 saturated carbocycles. The zero-order valence-corrected chi connectivity index (χ0v) is 12.9. The van der Waals surface area contributed by atoms with Crippen molar-refractivity contribution in [1.82, 2.24) is 20.8 Å². The van der Waals surface area contributed by atoms with Gasteiger partial charge in [-0.05, 0) is 13.0 Å². The lowest BCUT2D eigenvalue weighted by Gasteiger charge is -2.25. The van der Waals surface area contributed by atoms with Gasteiger partial charge in [-0.2, -0.15) is 13.2 Å². The van der Waals surface area contributed by atoms with Crippen LogP contribution in [0.3, 0.4) is 0 Å². The van der Waals surface area contributed by atoms with Crippen LogP contribution >= 0.6 is 11.3 Å². The molecule has 0 unspecified atom stereocenters. The van der Waals surface area contributed by atoms with Gasteiger partial charge in [-0.25, -0.2) is 0 Å². The Bertz CT molecular complexity index is 612. The zero-order valence-electron chi connectivity index (χ0n) is 12.1. The summed E-state index contributed by atoms with van der Waals surface area (Å²) in [6, 6.07) is -0.191. The van der Waals surface area contributed by atoms with Gasteiger partial charge in [0.1, 0.15) is 0 Å². The van der Waals surface area contributed by atoms with Crippen molar-refractivity contribution in [3.8, 4) is 0 Å². The van der Waals surface area contributed by atoms with E-state index in [1.165, 1.54) is 13.1 Å². The van der Waals surface area contributed by atoms with E-state index in [2.05, 4.69) is 20.8 Å². The summed E-state index contributed by atoms with van der Waals surface area (Å²) in [4.78, 5) is 24.3. The maximum Gasteiger partial charge on any atom is 0.445 e. The van der Waals surface area contributed by atoms with Gasteiger partial charge in [0, 0.05) is 19.7 Å². The molecule has 23 heavy (non-hydrogen) atoms. The fourth-order valence-corrected chi connectivity index (χ4v) is 2.31. The molecule has 1 atom stereocenters. The molecule has 11 heteroatoms. The minimum Gasteiger partial charge on any atom is -0.351 e. The third-order valence-corrected chi connectivity index (χ3v) is 4.11. The van der Waals surface area contributed by atoms with E-state index in [4.69, 9.17) is 0 Å². The van der Waals surface area contributed by atoms with Crippen LogP contribution in [0.2, 0.25) is 0 Å². The van der Waals surface area contributed by atoms with E-state index in [1.54, 1.807) is 0 Å². The van der Waals surface area contributed by atoms with E-state index < -0.39 is 17.1 Å². The number of carbonyl (C=O) groups excluding carboxylic acids is 2. The molecule has 0 spiro atoms. The van der Waals surface area contributed by atoms with Crippen molar-refractivity contribution in [2.24, 2.45) is 0 Å². The molecule has 1 aromatic rings. The topological polar surface area (TPSA) is 87.2 Å². The molecule has 1 aliphatic rings. The normalized spacial score (nSPS) is 17.8. The second kappa shape index (κ2) is 7.04. The van der Waals surface area contributed by atoms with Crippen molar-refractivity contribution in [2.45, 2.75) is 18.6 Å². The third kappa shape index (κ3) is 4.48. The number of carbonyl (C=O) groups is 2. The summed E-state index contributed by atoms with van der Waals surface area (Å²) in [5.41, 5.74) is 0. The first-order valence-corrected chi connectivity index (χ1v) is 7.46. The Morgan fingerprint density at radius 2 is 2.17 bits per heavy atom. The van der Waals surface area contributed by atoms with E-state index in [0.717, 1.165) is 23.9 Å². The summed E-state index contributed by atoms with van der Waals surface area (Å²) in [7, 11) is 1.30. The number of anilines is 1. The molecule has 0 radical (unpaired) electrons. The molecule has 2 rings (SSSR count).